The standard InChI is InChI=1S/C26H25N7O2/c1-33(18-10-11-21-17(13-18)15-28-30-21)26(35)23(12-16-6-3-2-4-7-16)29-24(34)14-22-19-8-5-9-20(27)25(19)32-31-22/h2-11,13,15,23H,12,14,27H2,1H3,(H,28,30)(H,29,34)(H,31,32)/t23-/m0/s1. The predicted octanol–water partition coefficient (Wildman–Crippen LogP) is 2.95. The summed E-state index contributed by atoms with van der Waals surface area (Å²) in [6, 6.07) is 19.9. The summed E-state index contributed by atoms with van der Waals surface area (Å²) in [6.45, 7) is 0. The lowest BCUT2D eigenvalue weighted by Crippen LogP contribution is -2.49. The molecule has 0 bridgehead atoms. The lowest BCUT2D eigenvalue weighted by atomic mass is 10.0. The number of amides is 2. The van der Waals surface area contributed by atoms with E-state index in [-0.39, 0.29) is 18.2 Å². The van der Waals surface area contributed by atoms with Crippen molar-refractivity contribution >= 4 is 45.0 Å². The van der Waals surface area contributed by atoms with E-state index in [9.17, 15) is 9.59 Å². The van der Waals surface area contributed by atoms with Crippen LogP contribution in [0, 0.1) is 0 Å². The second kappa shape index (κ2) is 9.30. The van der Waals surface area contributed by atoms with E-state index < -0.39 is 6.04 Å². The van der Waals surface area contributed by atoms with Crippen LogP contribution in [0.3, 0.4) is 0 Å². The van der Waals surface area contributed by atoms with Crippen molar-refractivity contribution < 1.29 is 9.59 Å². The first-order chi connectivity index (χ1) is 17.0. The largest absolute Gasteiger partial charge is 0.397 e. The SMILES string of the molecule is CN(C(=O)[C@H](Cc1ccccc1)NC(=O)Cc1[nH]nc2c(N)cccc12)c1ccc2[nH]ncc2c1. The Hall–Kier alpha value is -4.66. The highest BCUT2D eigenvalue weighted by atomic mass is 16.2. The average Bonchev–Trinajstić information content (AvgIpc) is 3.51. The van der Waals surface area contributed by atoms with Crippen LogP contribution in [0.5, 0.6) is 0 Å². The third kappa shape index (κ3) is 4.56. The van der Waals surface area contributed by atoms with Crippen LogP contribution in [0.25, 0.3) is 21.8 Å². The number of benzene rings is 3. The quantitative estimate of drug-likeness (QED) is 0.273. The van der Waals surface area contributed by atoms with E-state index in [4.69, 9.17) is 5.73 Å². The number of nitrogens with two attached hydrogens (primary N) is 1. The molecule has 9 heteroatoms. The van der Waals surface area contributed by atoms with Gasteiger partial charge in [0.15, 0.2) is 0 Å². The lowest BCUT2D eigenvalue weighted by molar-refractivity contribution is -0.127. The van der Waals surface area contributed by atoms with Gasteiger partial charge in [-0.3, -0.25) is 19.8 Å². The van der Waals surface area contributed by atoms with Crippen molar-refractivity contribution in [3.63, 3.8) is 0 Å². The van der Waals surface area contributed by atoms with Crippen LogP contribution in [0.4, 0.5) is 11.4 Å². The maximum Gasteiger partial charge on any atom is 0.249 e. The highest BCUT2D eigenvalue weighted by Crippen LogP contribution is 2.23. The molecule has 5 N–H and O–H groups in total. The van der Waals surface area contributed by atoms with Gasteiger partial charge in [-0.1, -0.05) is 42.5 Å². The third-order valence-electron chi connectivity index (χ3n) is 6.09. The maximum atomic E-state index is 13.6. The van der Waals surface area contributed by atoms with Crippen LogP contribution in [0.2, 0.25) is 0 Å². The Morgan fingerprint density at radius 3 is 2.71 bits per heavy atom. The van der Waals surface area contributed by atoms with Crippen molar-refractivity contribution in [2.24, 2.45) is 0 Å². The monoisotopic (exact) mass is 467 g/mol. The molecule has 1 atom stereocenters. The molecule has 0 spiro atoms. The summed E-state index contributed by atoms with van der Waals surface area (Å²) in [5.41, 5.74) is 10.3. The average molecular weight is 468 g/mol. The van der Waals surface area contributed by atoms with Crippen molar-refractivity contribution in [3.8, 4) is 0 Å². The molecule has 0 radical (unpaired) electrons. The molecule has 3 aromatic carbocycles. The van der Waals surface area contributed by atoms with Gasteiger partial charge in [0.25, 0.3) is 0 Å². The first-order valence-electron chi connectivity index (χ1n) is 11.2. The number of rotatable bonds is 7. The molecule has 0 aliphatic heterocycles. The molecule has 0 saturated carbocycles. The summed E-state index contributed by atoms with van der Waals surface area (Å²) in [5, 5.41) is 18.7. The molecule has 2 heterocycles. The van der Waals surface area contributed by atoms with Crippen LogP contribution >= 0.6 is 0 Å². The molecule has 0 aliphatic rings. The maximum absolute atomic E-state index is 13.6. The number of carbonyl (C=O) groups excluding carboxylic acids is 2. The molecule has 2 amide bonds. The highest BCUT2D eigenvalue weighted by Gasteiger charge is 2.26. The van der Waals surface area contributed by atoms with Crippen molar-refractivity contribution in [2.75, 3.05) is 17.7 Å². The first kappa shape index (κ1) is 22.1. The van der Waals surface area contributed by atoms with Crippen molar-refractivity contribution in [1.29, 1.82) is 0 Å². The van der Waals surface area contributed by atoms with Gasteiger partial charge >= 0.3 is 0 Å². The number of anilines is 2. The van der Waals surface area contributed by atoms with Gasteiger partial charge in [0.1, 0.15) is 11.6 Å². The van der Waals surface area contributed by atoms with Crippen LogP contribution in [-0.2, 0) is 22.4 Å². The number of nitrogens with zero attached hydrogens (tertiary/aromatic N) is 3. The Kier molecular flexibility index (Phi) is 5.88. The summed E-state index contributed by atoms with van der Waals surface area (Å²) in [7, 11) is 1.71. The van der Waals surface area contributed by atoms with Gasteiger partial charge in [-0.05, 0) is 29.8 Å². The second-order valence-corrected chi connectivity index (χ2v) is 8.47. The zero-order chi connectivity index (χ0) is 24.4. The van der Waals surface area contributed by atoms with Gasteiger partial charge in [0, 0.05) is 29.9 Å². The summed E-state index contributed by atoms with van der Waals surface area (Å²) in [4.78, 5) is 28.2. The fraction of sp³-hybridized carbons (Fsp3) is 0.154. The number of H-pyrrole nitrogens is 2. The number of para-hydroxylation sites is 1. The molecule has 176 valence electrons. The first-order valence-corrected chi connectivity index (χ1v) is 11.2. The van der Waals surface area contributed by atoms with E-state index in [1.54, 1.807) is 24.2 Å². The van der Waals surface area contributed by atoms with Crippen molar-refractivity contribution in [3.05, 3.63) is 84.2 Å². The highest BCUT2D eigenvalue weighted by molar-refractivity contribution is 6.01. The van der Waals surface area contributed by atoms with Gasteiger partial charge < -0.3 is 16.0 Å². The van der Waals surface area contributed by atoms with Gasteiger partial charge in [0.05, 0.1) is 29.5 Å². The Balaban J connectivity index is 1.38. The number of nitrogen functional groups attached to an aromatic ring is 1. The van der Waals surface area contributed by atoms with Crippen LogP contribution < -0.4 is 16.0 Å². The van der Waals surface area contributed by atoms with Crippen LogP contribution in [0.1, 0.15) is 11.3 Å². The van der Waals surface area contributed by atoms with Crippen molar-refractivity contribution in [1.82, 2.24) is 25.7 Å². The summed E-state index contributed by atoms with van der Waals surface area (Å²) >= 11 is 0. The number of aromatic nitrogens is 4. The zero-order valence-electron chi connectivity index (χ0n) is 19.2. The topological polar surface area (TPSA) is 133 Å². The number of hydrogen-bond donors (Lipinski definition) is 4. The summed E-state index contributed by atoms with van der Waals surface area (Å²) in [5.74, 6) is -0.505. The minimum atomic E-state index is -0.755. The Bertz CT molecular complexity index is 1510. The molecule has 0 fully saturated rings. The molecule has 5 rings (SSSR count). The van der Waals surface area contributed by atoms with Crippen LogP contribution in [-0.4, -0.2) is 45.3 Å². The van der Waals surface area contributed by atoms with Gasteiger partial charge in [-0.25, -0.2) is 0 Å². The fourth-order valence-electron chi connectivity index (χ4n) is 4.20. The Labute approximate surface area is 201 Å². The van der Waals surface area contributed by atoms with Gasteiger partial charge in [-0.15, -0.1) is 0 Å². The molecule has 0 unspecified atom stereocenters. The van der Waals surface area contributed by atoms with E-state index in [1.165, 1.54) is 0 Å². The Morgan fingerprint density at radius 1 is 1.06 bits per heavy atom. The summed E-state index contributed by atoms with van der Waals surface area (Å²) in [6.07, 6.45) is 2.12. The van der Waals surface area contributed by atoms with Crippen molar-refractivity contribution in [2.45, 2.75) is 18.9 Å². The molecule has 5 aromatic rings. The molecule has 0 aliphatic carbocycles. The normalized spacial score (nSPS) is 12.0. The number of carbonyl (C=O) groups is 2. The zero-order valence-corrected chi connectivity index (χ0v) is 19.2. The molecular formula is C26H25N7O2. The predicted molar refractivity (Wildman–Crippen MR) is 136 cm³/mol. The summed E-state index contributed by atoms with van der Waals surface area (Å²) < 4.78 is 0. The molecular weight excluding hydrogens is 442 g/mol. The smallest absolute Gasteiger partial charge is 0.249 e. The van der Waals surface area contributed by atoms with E-state index in [0.717, 1.165) is 21.9 Å². The van der Waals surface area contributed by atoms with Gasteiger partial charge in [0.2, 0.25) is 11.8 Å². The number of hydrogen-bond acceptors (Lipinski definition) is 5. The molecule has 2 aromatic heterocycles. The number of likely N-dealkylation sites (N-methyl/N-ethyl adjacent to an activating group) is 1. The molecule has 35 heavy (non-hydrogen) atoms. The van der Waals surface area contributed by atoms with E-state index >= 15 is 0 Å². The van der Waals surface area contributed by atoms with Crippen LogP contribution in [0.15, 0.2) is 72.9 Å². The molecule has 0 saturated heterocycles. The van der Waals surface area contributed by atoms with Gasteiger partial charge in [-0.2, -0.15) is 10.2 Å². The van der Waals surface area contributed by atoms with E-state index in [1.807, 2.05) is 60.7 Å². The number of fused-ring (bicyclic) bond motifs is 2. The fourth-order valence-corrected chi connectivity index (χ4v) is 4.20. The second-order valence-electron chi connectivity index (χ2n) is 8.47. The lowest BCUT2D eigenvalue weighted by Gasteiger charge is -2.25. The minimum absolute atomic E-state index is 0.0449. The number of nitrogens with one attached hydrogen (secondary N) is 3. The molecule has 9 nitrogen and oxygen atoms in total. The Morgan fingerprint density at radius 2 is 1.89 bits per heavy atom. The minimum Gasteiger partial charge on any atom is -0.397 e. The third-order valence-corrected chi connectivity index (χ3v) is 6.09. The van der Waals surface area contributed by atoms with E-state index in [0.29, 0.717) is 29.0 Å². The van der Waals surface area contributed by atoms with E-state index in [2.05, 4.69) is 25.7 Å². The number of aromatic amines is 2.